The molecule has 64 valence electrons. The average Bonchev–Trinajstić information content (AvgIpc) is 2.08. The number of rotatable bonds is 1. The molecule has 0 bridgehead atoms. The molecule has 1 aromatic carbocycles. The standard InChI is InChI=1S/C8H9BrN2O/c9-5-1-2-7(11)6(3-5)8(12)4-10/h1-4,12H,10-11H2/b8-4+. The smallest absolute Gasteiger partial charge is 0.140 e. The average molecular weight is 229 g/mol. The molecule has 5 N–H and O–H groups in total. The zero-order chi connectivity index (χ0) is 9.14. The molecular formula is C8H9BrN2O. The molecule has 0 spiro atoms. The van der Waals surface area contributed by atoms with Crippen molar-refractivity contribution >= 4 is 27.4 Å². The molecule has 0 aliphatic carbocycles. The second kappa shape index (κ2) is 3.49. The maximum Gasteiger partial charge on any atom is 0.140 e. The summed E-state index contributed by atoms with van der Waals surface area (Å²) < 4.78 is 0.847. The number of nitrogen functional groups attached to an aromatic ring is 1. The Morgan fingerprint density at radius 1 is 1.50 bits per heavy atom. The van der Waals surface area contributed by atoms with E-state index in [-0.39, 0.29) is 5.76 Å². The van der Waals surface area contributed by atoms with Gasteiger partial charge in [-0.1, -0.05) is 15.9 Å². The van der Waals surface area contributed by atoms with Crippen LogP contribution in [0.4, 0.5) is 5.69 Å². The lowest BCUT2D eigenvalue weighted by molar-refractivity contribution is 0.511. The Balaban J connectivity index is 3.23. The Hall–Kier alpha value is -1.16. The minimum absolute atomic E-state index is 0.0196. The fraction of sp³-hybridized carbons (Fsp3) is 0. The van der Waals surface area contributed by atoms with E-state index in [9.17, 15) is 5.11 Å². The highest BCUT2D eigenvalue weighted by Crippen LogP contribution is 2.22. The summed E-state index contributed by atoms with van der Waals surface area (Å²) in [5.74, 6) is -0.0196. The van der Waals surface area contributed by atoms with Crippen molar-refractivity contribution in [2.24, 2.45) is 5.73 Å². The van der Waals surface area contributed by atoms with Gasteiger partial charge in [0.25, 0.3) is 0 Å². The quantitative estimate of drug-likeness (QED) is 0.508. The van der Waals surface area contributed by atoms with E-state index in [2.05, 4.69) is 15.9 Å². The second-order valence-electron chi connectivity index (χ2n) is 2.28. The van der Waals surface area contributed by atoms with Gasteiger partial charge < -0.3 is 16.6 Å². The van der Waals surface area contributed by atoms with Gasteiger partial charge in [0.15, 0.2) is 0 Å². The van der Waals surface area contributed by atoms with E-state index in [1.807, 2.05) is 0 Å². The topological polar surface area (TPSA) is 72.3 Å². The Morgan fingerprint density at radius 2 is 2.17 bits per heavy atom. The van der Waals surface area contributed by atoms with Gasteiger partial charge in [-0.15, -0.1) is 0 Å². The molecule has 0 saturated heterocycles. The molecular weight excluding hydrogens is 220 g/mol. The molecule has 0 amide bonds. The Bertz CT molecular complexity index is 323. The molecule has 0 aromatic heterocycles. The molecule has 3 nitrogen and oxygen atoms in total. The fourth-order valence-corrected chi connectivity index (χ4v) is 1.20. The second-order valence-corrected chi connectivity index (χ2v) is 3.20. The van der Waals surface area contributed by atoms with Crippen LogP contribution < -0.4 is 11.5 Å². The summed E-state index contributed by atoms with van der Waals surface area (Å²) in [6.07, 6.45) is 1.11. The molecule has 0 unspecified atom stereocenters. The minimum Gasteiger partial charge on any atom is -0.506 e. The van der Waals surface area contributed by atoms with Crippen molar-refractivity contribution in [1.82, 2.24) is 0 Å². The van der Waals surface area contributed by atoms with Gasteiger partial charge in [-0.3, -0.25) is 0 Å². The van der Waals surface area contributed by atoms with Crippen LogP contribution in [-0.2, 0) is 0 Å². The van der Waals surface area contributed by atoms with Crippen LogP contribution in [0.5, 0.6) is 0 Å². The van der Waals surface area contributed by atoms with Crippen LogP contribution in [0.25, 0.3) is 5.76 Å². The molecule has 0 radical (unpaired) electrons. The van der Waals surface area contributed by atoms with Gasteiger partial charge in [0, 0.05) is 21.9 Å². The summed E-state index contributed by atoms with van der Waals surface area (Å²) in [7, 11) is 0. The van der Waals surface area contributed by atoms with Crippen LogP contribution >= 0.6 is 15.9 Å². The molecule has 0 aliphatic rings. The summed E-state index contributed by atoms with van der Waals surface area (Å²) >= 11 is 3.26. The molecule has 4 heteroatoms. The molecule has 1 aromatic rings. The van der Waals surface area contributed by atoms with Crippen molar-refractivity contribution in [3.63, 3.8) is 0 Å². The van der Waals surface area contributed by atoms with Crippen LogP contribution in [0.2, 0.25) is 0 Å². The van der Waals surface area contributed by atoms with Crippen molar-refractivity contribution in [2.75, 3.05) is 5.73 Å². The van der Waals surface area contributed by atoms with E-state index >= 15 is 0 Å². The maximum atomic E-state index is 9.27. The SMILES string of the molecule is N/C=C(/O)c1cc(Br)ccc1N. The third kappa shape index (κ3) is 1.71. The van der Waals surface area contributed by atoms with Gasteiger partial charge in [0.05, 0.1) is 0 Å². The summed E-state index contributed by atoms with van der Waals surface area (Å²) in [5, 5.41) is 9.27. The largest absolute Gasteiger partial charge is 0.506 e. The van der Waals surface area contributed by atoms with Crippen LogP contribution in [0.1, 0.15) is 5.56 Å². The monoisotopic (exact) mass is 228 g/mol. The van der Waals surface area contributed by atoms with E-state index in [1.165, 1.54) is 0 Å². The number of aliphatic hydroxyl groups excluding tert-OH is 1. The van der Waals surface area contributed by atoms with Crippen molar-refractivity contribution in [3.8, 4) is 0 Å². The van der Waals surface area contributed by atoms with Gasteiger partial charge >= 0.3 is 0 Å². The first-order valence-corrected chi connectivity index (χ1v) is 4.10. The Kier molecular flexibility index (Phi) is 2.60. The van der Waals surface area contributed by atoms with Gasteiger partial charge in [-0.2, -0.15) is 0 Å². The summed E-state index contributed by atoms with van der Waals surface area (Å²) in [6, 6.07) is 5.19. The first-order valence-electron chi connectivity index (χ1n) is 3.31. The van der Waals surface area contributed by atoms with Gasteiger partial charge in [-0.25, -0.2) is 0 Å². The highest BCUT2D eigenvalue weighted by molar-refractivity contribution is 9.10. The van der Waals surface area contributed by atoms with Crippen molar-refractivity contribution < 1.29 is 5.11 Å². The number of hydrogen-bond donors (Lipinski definition) is 3. The van der Waals surface area contributed by atoms with Crippen molar-refractivity contribution in [2.45, 2.75) is 0 Å². The summed E-state index contributed by atoms with van der Waals surface area (Å²) in [6.45, 7) is 0. The first-order chi connectivity index (χ1) is 5.65. The molecule has 0 atom stereocenters. The van der Waals surface area contributed by atoms with Crippen molar-refractivity contribution in [1.29, 1.82) is 0 Å². The highest BCUT2D eigenvalue weighted by Gasteiger charge is 2.03. The lowest BCUT2D eigenvalue weighted by Crippen LogP contribution is -1.95. The minimum atomic E-state index is -0.0196. The fourth-order valence-electron chi connectivity index (χ4n) is 0.840. The molecule has 12 heavy (non-hydrogen) atoms. The van der Waals surface area contributed by atoms with Crippen LogP contribution in [0.15, 0.2) is 28.9 Å². The normalized spacial score (nSPS) is 11.6. The molecule has 0 aliphatic heterocycles. The van der Waals surface area contributed by atoms with E-state index in [0.717, 1.165) is 10.7 Å². The van der Waals surface area contributed by atoms with Gasteiger partial charge in [0.1, 0.15) is 5.76 Å². The summed E-state index contributed by atoms with van der Waals surface area (Å²) in [4.78, 5) is 0. The van der Waals surface area contributed by atoms with Crippen LogP contribution in [-0.4, -0.2) is 5.11 Å². The zero-order valence-electron chi connectivity index (χ0n) is 6.29. The predicted molar refractivity (Wildman–Crippen MR) is 53.3 cm³/mol. The van der Waals surface area contributed by atoms with Crippen LogP contribution in [0.3, 0.4) is 0 Å². The Morgan fingerprint density at radius 3 is 2.75 bits per heavy atom. The third-order valence-corrected chi connectivity index (χ3v) is 1.94. The number of nitrogens with two attached hydrogens (primary N) is 2. The van der Waals surface area contributed by atoms with Crippen LogP contribution in [0, 0.1) is 0 Å². The predicted octanol–water partition coefficient (Wildman–Crippen LogP) is 1.85. The molecule has 0 fully saturated rings. The van der Waals surface area contributed by atoms with Crippen molar-refractivity contribution in [3.05, 3.63) is 34.4 Å². The first kappa shape index (κ1) is 8.93. The lowest BCUT2D eigenvalue weighted by Gasteiger charge is -2.03. The molecule has 1 rings (SSSR count). The third-order valence-electron chi connectivity index (χ3n) is 1.45. The van der Waals surface area contributed by atoms with Gasteiger partial charge in [-0.05, 0) is 18.2 Å². The Labute approximate surface area is 78.8 Å². The molecule has 0 heterocycles. The summed E-state index contributed by atoms with van der Waals surface area (Å²) in [5.41, 5.74) is 11.8. The number of hydrogen-bond acceptors (Lipinski definition) is 3. The van der Waals surface area contributed by atoms with E-state index < -0.39 is 0 Å². The van der Waals surface area contributed by atoms with Gasteiger partial charge in [0.2, 0.25) is 0 Å². The maximum absolute atomic E-state index is 9.27. The number of anilines is 1. The van der Waals surface area contributed by atoms with E-state index in [1.54, 1.807) is 18.2 Å². The van der Waals surface area contributed by atoms with E-state index in [0.29, 0.717) is 11.3 Å². The molecule has 0 saturated carbocycles. The zero-order valence-corrected chi connectivity index (χ0v) is 7.88. The highest BCUT2D eigenvalue weighted by atomic mass is 79.9. The number of halogens is 1. The number of aliphatic hydroxyl groups is 1. The lowest BCUT2D eigenvalue weighted by atomic mass is 10.1. The van der Waals surface area contributed by atoms with E-state index in [4.69, 9.17) is 11.5 Å². The number of benzene rings is 1.